The Kier molecular flexibility index (Phi) is 3.07. The van der Waals surface area contributed by atoms with Crippen LogP contribution in [0.1, 0.15) is 11.4 Å². The van der Waals surface area contributed by atoms with Crippen molar-refractivity contribution in [3.8, 4) is 11.5 Å². The van der Waals surface area contributed by atoms with Gasteiger partial charge in [-0.15, -0.1) is 0 Å². The Labute approximate surface area is 120 Å². The van der Waals surface area contributed by atoms with Gasteiger partial charge in [0.05, 0.1) is 11.9 Å². The van der Waals surface area contributed by atoms with E-state index in [1.54, 1.807) is 10.9 Å². The van der Waals surface area contributed by atoms with E-state index in [-0.39, 0.29) is 0 Å². The maximum atomic E-state index is 5.19. The minimum Gasteiger partial charge on any atom is -0.350 e. The van der Waals surface area contributed by atoms with Crippen LogP contribution in [0.15, 0.2) is 29.5 Å². The second-order valence-corrected chi connectivity index (χ2v) is 4.78. The lowest BCUT2D eigenvalue weighted by Crippen LogP contribution is -1.98. The molecule has 0 radical (unpaired) electrons. The number of aromatic nitrogens is 6. The lowest BCUT2D eigenvalue weighted by atomic mass is 10.3. The Balaban J connectivity index is 2.02. The second-order valence-electron chi connectivity index (χ2n) is 4.39. The number of nitrogens with zero attached hydrogens (tertiary/aromatic N) is 5. The van der Waals surface area contributed by atoms with Crippen LogP contribution in [-0.4, -0.2) is 35.9 Å². The molecule has 20 heavy (non-hydrogen) atoms. The first-order valence-electron chi connectivity index (χ1n) is 6.00. The Hall–Kier alpha value is -2.48. The Morgan fingerprint density at radius 1 is 1.35 bits per heavy atom. The number of aromatic amines is 2. The summed E-state index contributed by atoms with van der Waals surface area (Å²) in [6.07, 6.45) is 3.68. The van der Waals surface area contributed by atoms with E-state index in [0.29, 0.717) is 16.3 Å². The van der Waals surface area contributed by atoms with Crippen molar-refractivity contribution < 1.29 is 0 Å². The van der Waals surface area contributed by atoms with E-state index in [2.05, 4.69) is 25.5 Å². The molecule has 0 amide bonds. The third-order valence-electron chi connectivity index (χ3n) is 2.87. The molecule has 3 rings (SSSR count). The van der Waals surface area contributed by atoms with Crippen LogP contribution in [0.4, 0.5) is 0 Å². The molecule has 2 N–H and O–H groups in total. The van der Waals surface area contributed by atoms with Crippen LogP contribution in [0.3, 0.4) is 0 Å². The molecule has 3 aromatic rings. The summed E-state index contributed by atoms with van der Waals surface area (Å²) in [5, 5.41) is 18.3. The quantitative estimate of drug-likeness (QED) is 0.570. The van der Waals surface area contributed by atoms with E-state index < -0.39 is 0 Å². The number of nitrogens with one attached hydrogen (secondary N) is 2. The van der Waals surface area contributed by atoms with Gasteiger partial charge in [0, 0.05) is 18.9 Å². The van der Waals surface area contributed by atoms with Crippen LogP contribution < -0.4 is 0 Å². The lowest BCUT2D eigenvalue weighted by molar-refractivity contribution is 0.857. The fraction of sp³-hybridized carbons (Fsp3) is 0.167. The van der Waals surface area contributed by atoms with Crippen LogP contribution in [-0.2, 0) is 7.05 Å². The minimum atomic E-state index is 0.422. The molecule has 0 aliphatic carbocycles. The summed E-state index contributed by atoms with van der Waals surface area (Å²) in [7, 11) is 1.95. The van der Waals surface area contributed by atoms with Crippen LogP contribution in [0.25, 0.3) is 11.5 Å². The van der Waals surface area contributed by atoms with Gasteiger partial charge in [0.25, 0.3) is 0 Å². The molecule has 0 saturated carbocycles. The average molecular weight is 287 g/mol. The van der Waals surface area contributed by atoms with Gasteiger partial charge in [0.15, 0.2) is 0 Å². The molecule has 0 bridgehead atoms. The highest BCUT2D eigenvalue weighted by molar-refractivity contribution is 7.71. The molecule has 0 atom stereocenters. The van der Waals surface area contributed by atoms with Gasteiger partial charge < -0.3 is 4.57 Å². The first-order chi connectivity index (χ1) is 9.65. The third-order valence-corrected chi connectivity index (χ3v) is 3.14. The van der Waals surface area contributed by atoms with Crippen LogP contribution in [0, 0.1) is 11.7 Å². The summed E-state index contributed by atoms with van der Waals surface area (Å²) in [6.45, 7) is 1.93. The molecule has 0 aliphatic rings. The molecule has 0 saturated heterocycles. The van der Waals surface area contributed by atoms with E-state index >= 15 is 0 Å². The molecule has 0 spiro atoms. The standard InChI is InChI=1S/C12H13N7S/c1-8-6-10(15-14-8)11-16-17-12(20)19(11)13-7-9-4-3-5-18(9)2/h3-7H,1-2H3,(H,14,15)(H,17,20)/b13-7-. The van der Waals surface area contributed by atoms with Crippen molar-refractivity contribution in [1.82, 2.24) is 29.6 Å². The fourth-order valence-electron chi connectivity index (χ4n) is 1.82. The van der Waals surface area contributed by atoms with Gasteiger partial charge in [0.1, 0.15) is 5.69 Å². The van der Waals surface area contributed by atoms with Gasteiger partial charge in [-0.3, -0.25) is 5.10 Å². The number of aryl methyl sites for hydroxylation is 2. The van der Waals surface area contributed by atoms with E-state index in [0.717, 1.165) is 11.4 Å². The first-order valence-corrected chi connectivity index (χ1v) is 6.41. The van der Waals surface area contributed by atoms with Crippen molar-refractivity contribution in [2.45, 2.75) is 6.92 Å². The monoisotopic (exact) mass is 287 g/mol. The highest BCUT2D eigenvalue weighted by Gasteiger charge is 2.11. The molecule has 0 aliphatic heterocycles. The van der Waals surface area contributed by atoms with Crippen molar-refractivity contribution in [3.05, 3.63) is 40.6 Å². The van der Waals surface area contributed by atoms with Crippen molar-refractivity contribution >= 4 is 18.4 Å². The predicted molar refractivity (Wildman–Crippen MR) is 78.1 cm³/mol. The molecule has 0 fully saturated rings. The van der Waals surface area contributed by atoms with Gasteiger partial charge in [-0.05, 0) is 37.3 Å². The summed E-state index contributed by atoms with van der Waals surface area (Å²) in [5.41, 5.74) is 2.61. The first kappa shape index (κ1) is 12.5. The van der Waals surface area contributed by atoms with Crippen LogP contribution in [0.5, 0.6) is 0 Å². The van der Waals surface area contributed by atoms with Gasteiger partial charge in [-0.2, -0.15) is 20.0 Å². The summed E-state index contributed by atoms with van der Waals surface area (Å²) in [5.74, 6) is 0.574. The van der Waals surface area contributed by atoms with Gasteiger partial charge in [0.2, 0.25) is 10.6 Å². The van der Waals surface area contributed by atoms with E-state index in [1.807, 2.05) is 42.9 Å². The molecule has 102 valence electrons. The predicted octanol–water partition coefficient (Wildman–Crippen LogP) is 1.86. The average Bonchev–Trinajstić information content (AvgIpc) is 3.09. The Morgan fingerprint density at radius 2 is 2.20 bits per heavy atom. The lowest BCUT2D eigenvalue weighted by Gasteiger charge is -1.98. The number of hydrogen-bond donors (Lipinski definition) is 2. The molecule has 0 aromatic carbocycles. The van der Waals surface area contributed by atoms with E-state index in [4.69, 9.17) is 12.2 Å². The van der Waals surface area contributed by atoms with Crippen molar-refractivity contribution in [2.24, 2.45) is 12.1 Å². The zero-order valence-corrected chi connectivity index (χ0v) is 11.8. The summed E-state index contributed by atoms with van der Waals surface area (Å²) >= 11 is 5.19. The second kappa shape index (κ2) is 4.89. The maximum Gasteiger partial charge on any atom is 0.216 e. The normalized spacial score (nSPS) is 11.5. The van der Waals surface area contributed by atoms with Gasteiger partial charge in [-0.25, -0.2) is 5.10 Å². The Morgan fingerprint density at radius 3 is 2.85 bits per heavy atom. The molecular weight excluding hydrogens is 274 g/mol. The molecule has 0 unspecified atom stereocenters. The Bertz CT molecular complexity index is 817. The van der Waals surface area contributed by atoms with Gasteiger partial charge >= 0.3 is 0 Å². The minimum absolute atomic E-state index is 0.422. The summed E-state index contributed by atoms with van der Waals surface area (Å²) < 4.78 is 3.94. The highest BCUT2D eigenvalue weighted by atomic mass is 32.1. The number of rotatable bonds is 3. The summed E-state index contributed by atoms with van der Waals surface area (Å²) in [4.78, 5) is 0. The van der Waals surface area contributed by atoms with Gasteiger partial charge in [-0.1, -0.05) is 0 Å². The van der Waals surface area contributed by atoms with Crippen molar-refractivity contribution in [3.63, 3.8) is 0 Å². The molecule has 8 heteroatoms. The van der Waals surface area contributed by atoms with E-state index in [9.17, 15) is 0 Å². The molecule has 3 aromatic heterocycles. The highest BCUT2D eigenvalue weighted by Crippen LogP contribution is 2.15. The number of hydrogen-bond acceptors (Lipinski definition) is 4. The molecular formula is C12H13N7S. The van der Waals surface area contributed by atoms with Crippen LogP contribution in [0.2, 0.25) is 0 Å². The smallest absolute Gasteiger partial charge is 0.216 e. The van der Waals surface area contributed by atoms with E-state index in [1.165, 1.54) is 0 Å². The maximum absolute atomic E-state index is 5.19. The summed E-state index contributed by atoms with van der Waals surface area (Å²) in [6, 6.07) is 5.80. The zero-order chi connectivity index (χ0) is 14.1. The van der Waals surface area contributed by atoms with Crippen molar-refractivity contribution in [1.29, 1.82) is 0 Å². The van der Waals surface area contributed by atoms with Crippen molar-refractivity contribution in [2.75, 3.05) is 0 Å². The largest absolute Gasteiger partial charge is 0.350 e. The molecule has 3 heterocycles. The van der Waals surface area contributed by atoms with Crippen LogP contribution >= 0.6 is 12.2 Å². The zero-order valence-electron chi connectivity index (χ0n) is 11.0. The third kappa shape index (κ3) is 2.21. The SMILES string of the molecule is Cc1cc(-c2n[nH]c(=S)n2/N=C\c2cccn2C)n[nH]1. The molecule has 7 nitrogen and oxygen atoms in total. The topological polar surface area (TPSA) is 79.6 Å². The number of H-pyrrole nitrogens is 2. The fourth-order valence-corrected chi connectivity index (χ4v) is 2.00.